The summed E-state index contributed by atoms with van der Waals surface area (Å²) in [5.41, 5.74) is 1.64. The number of rotatable bonds is 7. The third-order valence-corrected chi connectivity index (χ3v) is 5.11. The Balaban J connectivity index is 1.73. The van der Waals surface area contributed by atoms with Gasteiger partial charge in [0.1, 0.15) is 12.0 Å². The molecule has 0 amide bonds. The highest BCUT2D eigenvalue weighted by molar-refractivity contribution is 6.22. The topological polar surface area (TPSA) is 115 Å². The summed E-state index contributed by atoms with van der Waals surface area (Å²) in [5, 5.41) is 16.1. The number of nitrogens with zero attached hydrogens (tertiary/aromatic N) is 4. The van der Waals surface area contributed by atoms with Gasteiger partial charge in [-0.25, -0.2) is 14.2 Å². The van der Waals surface area contributed by atoms with Crippen molar-refractivity contribution >= 4 is 23.2 Å². The molecule has 9 nitrogen and oxygen atoms in total. The number of aromatic nitrogens is 4. The number of nitrogens with one attached hydrogen (secondary N) is 1. The number of halogens is 1. The fourth-order valence-corrected chi connectivity index (χ4v) is 3.41. The number of benzene rings is 1. The zero-order valence-corrected chi connectivity index (χ0v) is 17.2. The molecule has 4 rings (SSSR count). The molecule has 2 N–H and O–H groups in total. The molecule has 160 valence electrons. The molecule has 0 bridgehead atoms. The van der Waals surface area contributed by atoms with Crippen molar-refractivity contribution in [1.29, 1.82) is 0 Å². The molecule has 31 heavy (non-hydrogen) atoms. The van der Waals surface area contributed by atoms with Crippen molar-refractivity contribution in [3.05, 3.63) is 81.4 Å². The quantitative estimate of drug-likeness (QED) is 0.540. The maximum Gasteiger partial charge on any atom is 0.355 e. The van der Waals surface area contributed by atoms with Gasteiger partial charge in [-0.1, -0.05) is 35.5 Å². The lowest BCUT2D eigenvalue weighted by molar-refractivity contribution is 0.268. The molecule has 3 aromatic rings. The number of aliphatic hydroxyl groups is 1. The maximum absolute atomic E-state index is 13.0. The van der Waals surface area contributed by atoms with Gasteiger partial charge in [0.2, 0.25) is 5.95 Å². The van der Waals surface area contributed by atoms with Crippen LogP contribution in [0.25, 0.3) is 11.3 Å². The maximum atomic E-state index is 13.0. The first kappa shape index (κ1) is 20.8. The van der Waals surface area contributed by atoms with Crippen LogP contribution < -0.4 is 16.7 Å². The van der Waals surface area contributed by atoms with Crippen LogP contribution in [0.3, 0.4) is 0 Å². The number of alkyl halides is 1. The first-order valence-electron chi connectivity index (χ1n) is 9.67. The van der Waals surface area contributed by atoms with Crippen molar-refractivity contribution in [3.8, 4) is 11.3 Å². The van der Waals surface area contributed by atoms with Gasteiger partial charge < -0.3 is 14.9 Å². The van der Waals surface area contributed by atoms with E-state index >= 15 is 0 Å². The lowest BCUT2D eigenvalue weighted by Crippen LogP contribution is -2.43. The summed E-state index contributed by atoms with van der Waals surface area (Å²) in [6, 6.07) is 9.01. The van der Waals surface area contributed by atoms with Gasteiger partial charge in [0.15, 0.2) is 0 Å². The van der Waals surface area contributed by atoms with E-state index in [0.29, 0.717) is 17.8 Å². The van der Waals surface area contributed by atoms with Crippen molar-refractivity contribution in [1.82, 2.24) is 19.3 Å². The van der Waals surface area contributed by atoms with E-state index in [2.05, 4.69) is 15.5 Å². The lowest BCUT2D eigenvalue weighted by atomic mass is 10.1. The molecule has 0 aliphatic heterocycles. The Hall–Kier alpha value is -3.43. The Bertz CT molecular complexity index is 1240. The van der Waals surface area contributed by atoms with Crippen LogP contribution in [0.1, 0.15) is 6.42 Å². The standard InChI is InChI=1S/C21H20ClN5O4/c22-16-6-4-14(5-7-16)13-27-19(24-20(29)26(9-10-28)21(27)30)23-17-3-1-2-15(12-17)18-8-11-31-25-18/h1-6,8,11-12,16,28H,7,9-10,13H2,(H,23,24,29). The second-order valence-electron chi connectivity index (χ2n) is 6.94. The molecule has 1 aliphatic rings. The average molecular weight is 442 g/mol. The van der Waals surface area contributed by atoms with Gasteiger partial charge in [-0.3, -0.25) is 4.57 Å². The monoisotopic (exact) mass is 441 g/mol. The van der Waals surface area contributed by atoms with Crippen LogP contribution in [-0.2, 0) is 13.1 Å². The minimum atomic E-state index is -0.737. The Morgan fingerprint density at radius 3 is 2.84 bits per heavy atom. The minimum absolute atomic E-state index is 0.0844. The first-order chi connectivity index (χ1) is 15.0. The SMILES string of the molecule is O=c1nc(Nc2cccc(-c3ccon3)c2)n(CC2=CCC(Cl)C=C2)c(=O)n1CCO. The minimum Gasteiger partial charge on any atom is -0.395 e. The highest BCUT2D eigenvalue weighted by Gasteiger charge is 2.16. The summed E-state index contributed by atoms with van der Waals surface area (Å²) in [4.78, 5) is 29.5. The van der Waals surface area contributed by atoms with Crippen molar-refractivity contribution in [2.75, 3.05) is 11.9 Å². The zero-order valence-electron chi connectivity index (χ0n) is 16.4. The smallest absolute Gasteiger partial charge is 0.355 e. The van der Waals surface area contributed by atoms with Gasteiger partial charge in [0.05, 0.1) is 25.1 Å². The first-order valence-corrected chi connectivity index (χ1v) is 10.1. The van der Waals surface area contributed by atoms with Gasteiger partial charge in [0, 0.05) is 17.3 Å². The highest BCUT2D eigenvalue weighted by atomic mass is 35.5. The molecule has 0 radical (unpaired) electrons. The fourth-order valence-electron chi connectivity index (χ4n) is 3.24. The van der Waals surface area contributed by atoms with Crippen molar-refractivity contribution < 1.29 is 9.63 Å². The summed E-state index contributed by atoms with van der Waals surface area (Å²) >= 11 is 6.09. The number of hydrogen-bond donors (Lipinski definition) is 2. The molecule has 2 heterocycles. The molecular formula is C21H20ClN5O4. The van der Waals surface area contributed by atoms with E-state index < -0.39 is 11.4 Å². The largest absolute Gasteiger partial charge is 0.395 e. The molecule has 0 saturated carbocycles. The third-order valence-electron chi connectivity index (χ3n) is 4.79. The van der Waals surface area contributed by atoms with E-state index in [0.717, 1.165) is 15.7 Å². The average Bonchev–Trinajstić information content (AvgIpc) is 3.30. The molecule has 0 fully saturated rings. The Morgan fingerprint density at radius 1 is 1.26 bits per heavy atom. The van der Waals surface area contributed by atoms with Gasteiger partial charge in [-0.15, -0.1) is 11.6 Å². The summed E-state index contributed by atoms with van der Waals surface area (Å²) in [5.74, 6) is 0.101. The van der Waals surface area contributed by atoms with Crippen LogP contribution in [0.5, 0.6) is 0 Å². The molecule has 10 heteroatoms. The highest BCUT2D eigenvalue weighted by Crippen LogP contribution is 2.23. The Morgan fingerprint density at radius 2 is 2.13 bits per heavy atom. The van der Waals surface area contributed by atoms with Crippen molar-refractivity contribution in [2.45, 2.75) is 24.9 Å². The van der Waals surface area contributed by atoms with E-state index in [9.17, 15) is 14.7 Å². The summed E-state index contributed by atoms with van der Waals surface area (Å²) in [6.45, 7) is -0.284. The number of aliphatic hydroxyl groups excluding tert-OH is 1. The van der Waals surface area contributed by atoms with Gasteiger partial charge in [-0.05, 0) is 24.1 Å². The van der Waals surface area contributed by atoms with Crippen LogP contribution in [0, 0.1) is 0 Å². The molecule has 1 unspecified atom stereocenters. The van der Waals surface area contributed by atoms with Crippen LogP contribution in [0.15, 0.2) is 74.5 Å². The molecule has 2 aromatic heterocycles. The normalized spacial score (nSPS) is 15.7. The van der Waals surface area contributed by atoms with E-state index in [1.165, 1.54) is 10.8 Å². The van der Waals surface area contributed by atoms with Crippen molar-refractivity contribution in [2.24, 2.45) is 0 Å². The van der Waals surface area contributed by atoms with Crippen LogP contribution in [0.4, 0.5) is 11.6 Å². The summed E-state index contributed by atoms with van der Waals surface area (Å²) < 4.78 is 7.17. The van der Waals surface area contributed by atoms with E-state index in [-0.39, 0.29) is 31.0 Å². The predicted octanol–water partition coefficient (Wildman–Crippen LogP) is 2.29. The summed E-state index contributed by atoms with van der Waals surface area (Å²) in [6.07, 6.45) is 7.78. The van der Waals surface area contributed by atoms with Gasteiger partial charge >= 0.3 is 11.4 Å². The van der Waals surface area contributed by atoms with Gasteiger partial charge in [-0.2, -0.15) is 4.98 Å². The molecule has 0 spiro atoms. The number of hydrogen-bond acceptors (Lipinski definition) is 7. The predicted molar refractivity (Wildman–Crippen MR) is 117 cm³/mol. The van der Waals surface area contributed by atoms with Crippen LogP contribution in [-0.4, -0.2) is 36.4 Å². The fraction of sp³-hybridized carbons (Fsp3) is 0.238. The van der Waals surface area contributed by atoms with E-state index in [1.54, 1.807) is 12.1 Å². The Kier molecular flexibility index (Phi) is 6.15. The number of anilines is 2. The van der Waals surface area contributed by atoms with E-state index in [4.69, 9.17) is 16.1 Å². The van der Waals surface area contributed by atoms with Gasteiger partial charge in [0.25, 0.3) is 0 Å². The molecule has 1 aliphatic carbocycles. The lowest BCUT2D eigenvalue weighted by Gasteiger charge is -2.17. The number of allylic oxidation sites excluding steroid dienone is 4. The van der Waals surface area contributed by atoms with Crippen molar-refractivity contribution in [3.63, 3.8) is 0 Å². The second kappa shape index (κ2) is 9.15. The van der Waals surface area contributed by atoms with E-state index in [1.807, 2.05) is 36.4 Å². The van der Waals surface area contributed by atoms with Crippen LogP contribution >= 0.6 is 11.6 Å². The summed E-state index contributed by atoms with van der Waals surface area (Å²) in [7, 11) is 0. The second-order valence-corrected chi connectivity index (χ2v) is 7.50. The molecule has 0 saturated heterocycles. The third kappa shape index (κ3) is 4.68. The Labute approximate surface area is 181 Å². The molecule has 1 aromatic carbocycles. The molecular weight excluding hydrogens is 422 g/mol. The van der Waals surface area contributed by atoms with Crippen LogP contribution in [0.2, 0.25) is 0 Å². The zero-order chi connectivity index (χ0) is 21.8. The molecule has 1 atom stereocenters.